The van der Waals surface area contributed by atoms with Crippen LogP contribution < -0.4 is 10.1 Å². The first-order valence-corrected chi connectivity index (χ1v) is 6.59. The van der Waals surface area contributed by atoms with E-state index >= 15 is 0 Å². The van der Waals surface area contributed by atoms with E-state index in [2.05, 4.69) is 5.32 Å². The van der Waals surface area contributed by atoms with Crippen LogP contribution in [0.1, 0.15) is 18.1 Å². The number of aliphatic hydroxyl groups is 1. The highest BCUT2D eigenvalue weighted by Gasteiger charge is 2.07. The highest BCUT2D eigenvalue weighted by molar-refractivity contribution is 6.32. The van der Waals surface area contributed by atoms with Gasteiger partial charge in [-0.05, 0) is 43.0 Å². The van der Waals surface area contributed by atoms with Crippen molar-refractivity contribution in [3.8, 4) is 5.75 Å². The number of halogens is 1. The van der Waals surface area contributed by atoms with Crippen LogP contribution in [0.25, 0.3) is 0 Å². The van der Waals surface area contributed by atoms with Crippen LogP contribution in [0, 0.1) is 19.8 Å². The highest BCUT2D eigenvalue weighted by atomic mass is 35.5. The Hall–Kier alpha value is -1.26. The van der Waals surface area contributed by atoms with Gasteiger partial charge in [0, 0.05) is 18.2 Å². The van der Waals surface area contributed by atoms with Crippen LogP contribution in [0.4, 0.5) is 0 Å². The molecule has 106 valence electrons. The first-order valence-electron chi connectivity index (χ1n) is 6.21. The van der Waals surface area contributed by atoms with Crippen molar-refractivity contribution in [2.75, 3.05) is 19.8 Å². The molecule has 0 saturated carbocycles. The first kappa shape index (κ1) is 15.8. The van der Waals surface area contributed by atoms with Crippen molar-refractivity contribution in [1.29, 1.82) is 0 Å². The van der Waals surface area contributed by atoms with Crippen LogP contribution in [-0.2, 0) is 4.79 Å². The van der Waals surface area contributed by atoms with Crippen molar-refractivity contribution in [2.24, 2.45) is 5.92 Å². The van der Waals surface area contributed by atoms with E-state index in [1.165, 1.54) is 0 Å². The molecule has 0 bridgehead atoms. The topological polar surface area (TPSA) is 58.6 Å². The summed E-state index contributed by atoms with van der Waals surface area (Å²) in [4.78, 5) is 11.5. The molecule has 0 aliphatic rings. The second-order valence-corrected chi connectivity index (χ2v) is 5.13. The second kappa shape index (κ2) is 7.36. The van der Waals surface area contributed by atoms with E-state index in [9.17, 15) is 4.79 Å². The lowest BCUT2D eigenvalue weighted by molar-refractivity contribution is -0.123. The van der Waals surface area contributed by atoms with Gasteiger partial charge in [-0.3, -0.25) is 4.79 Å². The lowest BCUT2D eigenvalue weighted by atomic mass is 10.1. The van der Waals surface area contributed by atoms with Gasteiger partial charge in [0.2, 0.25) is 0 Å². The number of carbonyl (C=O) groups is 1. The summed E-state index contributed by atoms with van der Waals surface area (Å²) in [5, 5.41) is 12.3. The number of ether oxygens (including phenoxy) is 1. The molecule has 1 aromatic rings. The van der Waals surface area contributed by atoms with Crippen LogP contribution in [0.2, 0.25) is 5.02 Å². The van der Waals surface area contributed by atoms with Crippen molar-refractivity contribution in [2.45, 2.75) is 20.8 Å². The van der Waals surface area contributed by atoms with Gasteiger partial charge in [0.15, 0.2) is 6.61 Å². The van der Waals surface area contributed by atoms with Gasteiger partial charge in [0.25, 0.3) is 5.91 Å². The molecule has 4 nitrogen and oxygen atoms in total. The summed E-state index contributed by atoms with van der Waals surface area (Å²) in [6.45, 7) is 6.09. The van der Waals surface area contributed by atoms with Gasteiger partial charge in [-0.15, -0.1) is 0 Å². The lowest BCUT2D eigenvalue weighted by Gasteiger charge is -2.12. The maximum absolute atomic E-state index is 11.5. The maximum Gasteiger partial charge on any atom is 0.257 e. The second-order valence-electron chi connectivity index (χ2n) is 4.75. The third kappa shape index (κ3) is 5.09. The normalized spacial score (nSPS) is 12.1. The van der Waals surface area contributed by atoms with Crippen LogP contribution in [0.15, 0.2) is 12.1 Å². The van der Waals surface area contributed by atoms with E-state index in [1.807, 2.05) is 20.8 Å². The summed E-state index contributed by atoms with van der Waals surface area (Å²) >= 11 is 6.05. The minimum absolute atomic E-state index is 0.0430. The van der Waals surface area contributed by atoms with E-state index in [1.54, 1.807) is 12.1 Å². The number of rotatable bonds is 6. The quantitative estimate of drug-likeness (QED) is 0.841. The molecule has 2 N–H and O–H groups in total. The number of carbonyl (C=O) groups excluding carboxylic acids is 1. The standard InChI is InChI=1S/C14H20ClNO3/c1-9(7-17)6-16-13(18)8-19-12-4-10(2)14(15)11(3)5-12/h4-5,9,17H,6-8H2,1-3H3,(H,16,18). The van der Waals surface area contributed by atoms with Crippen molar-refractivity contribution < 1.29 is 14.6 Å². The Morgan fingerprint density at radius 3 is 2.53 bits per heavy atom. The first-order chi connectivity index (χ1) is 8.93. The molecule has 0 aliphatic heterocycles. The summed E-state index contributed by atoms with van der Waals surface area (Å²) in [6, 6.07) is 3.61. The third-order valence-corrected chi connectivity index (χ3v) is 3.34. The SMILES string of the molecule is Cc1cc(OCC(=O)NCC(C)CO)cc(C)c1Cl. The van der Waals surface area contributed by atoms with E-state index in [-0.39, 0.29) is 25.0 Å². The molecule has 19 heavy (non-hydrogen) atoms. The minimum Gasteiger partial charge on any atom is -0.484 e. The van der Waals surface area contributed by atoms with E-state index < -0.39 is 0 Å². The Morgan fingerprint density at radius 2 is 2.00 bits per heavy atom. The molecule has 1 atom stereocenters. The fraction of sp³-hybridized carbons (Fsp3) is 0.500. The minimum atomic E-state index is -0.203. The number of hydrogen-bond acceptors (Lipinski definition) is 3. The lowest BCUT2D eigenvalue weighted by Crippen LogP contribution is -2.33. The molecular weight excluding hydrogens is 266 g/mol. The maximum atomic E-state index is 11.5. The van der Waals surface area contributed by atoms with Crippen LogP contribution in [0.5, 0.6) is 5.75 Å². The molecule has 0 heterocycles. The number of aryl methyl sites for hydroxylation is 2. The van der Waals surface area contributed by atoms with Crippen LogP contribution in [0.3, 0.4) is 0 Å². The van der Waals surface area contributed by atoms with E-state index in [0.717, 1.165) is 11.1 Å². The van der Waals surface area contributed by atoms with Crippen LogP contribution >= 0.6 is 11.6 Å². The molecular formula is C14H20ClNO3. The van der Waals surface area contributed by atoms with Gasteiger partial charge in [-0.1, -0.05) is 18.5 Å². The molecule has 1 amide bonds. The molecule has 0 radical (unpaired) electrons. The number of aliphatic hydroxyl groups excluding tert-OH is 1. The van der Waals surface area contributed by atoms with Gasteiger partial charge < -0.3 is 15.2 Å². The number of nitrogens with one attached hydrogen (secondary N) is 1. The molecule has 5 heteroatoms. The number of hydrogen-bond donors (Lipinski definition) is 2. The van der Waals surface area contributed by atoms with Crippen molar-refractivity contribution >= 4 is 17.5 Å². The van der Waals surface area contributed by atoms with Crippen molar-refractivity contribution in [3.63, 3.8) is 0 Å². The molecule has 0 aromatic heterocycles. The smallest absolute Gasteiger partial charge is 0.257 e. The molecule has 0 saturated heterocycles. The largest absolute Gasteiger partial charge is 0.484 e. The van der Waals surface area contributed by atoms with E-state index in [0.29, 0.717) is 17.3 Å². The van der Waals surface area contributed by atoms with Gasteiger partial charge in [-0.25, -0.2) is 0 Å². The zero-order chi connectivity index (χ0) is 14.4. The highest BCUT2D eigenvalue weighted by Crippen LogP contribution is 2.25. The molecule has 1 rings (SSSR count). The van der Waals surface area contributed by atoms with Crippen LogP contribution in [-0.4, -0.2) is 30.8 Å². The Bertz CT molecular complexity index is 425. The summed E-state index contributed by atoms with van der Waals surface area (Å²) in [5.74, 6) is 0.472. The Balaban J connectivity index is 2.46. The summed E-state index contributed by atoms with van der Waals surface area (Å²) < 4.78 is 5.42. The number of amides is 1. The fourth-order valence-corrected chi connectivity index (χ4v) is 1.65. The Morgan fingerprint density at radius 1 is 1.42 bits per heavy atom. The predicted molar refractivity (Wildman–Crippen MR) is 75.7 cm³/mol. The fourth-order valence-electron chi connectivity index (χ4n) is 1.54. The monoisotopic (exact) mass is 285 g/mol. The summed E-state index contributed by atoms with van der Waals surface area (Å²) in [5.41, 5.74) is 1.84. The Kier molecular flexibility index (Phi) is 6.12. The van der Waals surface area contributed by atoms with Gasteiger partial charge >= 0.3 is 0 Å². The Labute approximate surface area is 118 Å². The zero-order valence-corrected chi connectivity index (χ0v) is 12.3. The van der Waals surface area contributed by atoms with Crippen molar-refractivity contribution in [3.05, 3.63) is 28.3 Å². The zero-order valence-electron chi connectivity index (χ0n) is 11.5. The van der Waals surface area contributed by atoms with Gasteiger partial charge in [0.05, 0.1) is 0 Å². The molecule has 0 aliphatic carbocycles. The molecule has 0 spiro atoms. The number of benzene rings is 1. The van der Waals surface area contributed by atoms with Gasteiger partial charge in [-0.2, -0.15) is 0 Å². The third-order valence-electron chi connectivity index (χ3n) is 2.74. The summed E-state index contributed by atoms with van der Waals surface area (Å²) in [7, 11) is 0. The average molecular weight is 286 g/mol. The predicted octanol–water partition coefficient (Wildman–Crippen LogP) is 2.08. The molecule has 1 unspecified atom stereocenters. The van der Waals surface area contributed by atoms with Crippen molar-refractivity contribution in [1.82, 2.24) is 5.32 Å². The van der Waals surface area contributed by atoms with Gasteiger partial charge in [0.1, 0.15) is 5.75 Å². The molecule has 1 aromatic carbocycles. The van der Waals surface area contributed by atoms with E-state index in [4.69, 9.17) is 21.4 Å². The molecule has 0 fully saturated rings. The summed E-state index contributed by atoms with van der Waals surface area (Å²) in [6.07, 6.45) is 0. The average Bonchev–Trinajstić information content (AvgIpc) is 2.39.